The van der Waals surface area contributed by atoms with E-state index in [1.807, 2.05) is 30.5 Å². The first kappa shape index (κ1) is 20.4. The number of amides is 1. The first-order valence-electron chi connectivity index (χ1n) is 7.96. The predicted molar refractivity (Wildman–Crippen MR) is 104 cm³/mol. The fourth-order valence-corrected chi connectivity index (χ4v) is 3.39. The van der Waals surface area contributed by atoms with Crippen molar-refractivity contribution >= 4 is 34.8 Å². The van der Waals surface area contributed by atoms with Gasteiger partial charge in [0, 0.05) is 17.5 Å². The number of nitrogens with one attached hydrogen (secondary N) is 2. The van der Waals surface area contributed by atoms with Crippen LogP contribution in [0, 0.1) is 0 Å². The molecule has 142 valence electrons. The van der Waals surface area contributed by atoms with Gasteiger partial charge in [0.2, 0.25) is 5.91 Å². The summed E-state index contributed by atoms with van der Waals surface area (Å²) in [6, 6.07) is 5.22. The summed E-state index contributed by atoms with van der Waals surface area (Å²) >= 11 is 1.38. The summed E-state index contributed by atoms with van der Waals surface area (Å²) in [6.07, 6.45) is -0.168. The number of ether oxygens (including phenoxy) is 3. The molecule has 1 saturated heterocycles. The van der Waals surface area contributed by atoms with Crippen molar-refractivity contribution in [3.05, 3.63) is 23.6 Å². The Bertz CT molecular complexity index is 755. The van der Waals surface area contributed by atoms with E-state index >= 15 is 0 Å². The topological polar surface area (TPSA) is 81.7 Å². The van der Waals surface area contributed by atoms with E-state index in [-0.39, 0.29) is 30.5 Å². The molecule has 26 heavy (non-hydrogen) atoms. The zero-order chi connectivity index (χ0) is 17.8. The van der Waals surface area contributed by atoms with Crippen LogP contribution in [0.1, 0.15) is 6.92 Å². The number of hydrogen-bond donors (Lipinski definition) is 2. The zero-order valence-electron chi connectivity index (χ0n) is 14.8. The average molecular weight is 400 g/mol. The lowest BCUT2D eigenvalue weighted by atomic mass is 10.1. The molecule has 0 unspecified atom stereocenters. The fraction of sp³-hybridized carbons (Fsp3) is 0.412. The molecule has 1 amide bonds. The van der Waals surface area contributed by atoms with Gasteiger partial charge in [-0.2, -0.15) is 0 Å². The number of rotatable bonds is 5. The van der Waals surface area contributed by atoms with Crippen molar-refractivity contribution in [2.24, 2.45) is 0 Å². The summed E-state index contributed by atoms with van der Waals surface area (Å²) in [5, 5.41) is 8.46. The molecule has 3 rings (SSSR count). The van der Waals surface area contributed by atoms with E-state index in [9.17, 15) is 4.79 Å². The van der Waals surface area contributed by atoms with Crippen molar-refractivity contribution in [1.29, 1.82) is 0 Å². The summed E-state index contributed by atoms with van der Waals surface area (Å²) in [6.45, 7) is 3.16. The average Bonchev–Trinajstić information content (AvgIpc) is 3.09. The lowest BCUT2D eigenvalue weighted by Gasteiger charge is -2.28. The molecule has 0 saturated carbocycles. The molecule has 0 spiro atoms. The number of thiazole rings is 1. The molecular formula is C17H22ClN3O4S. The van der Waals surface area contributed by atoms with Crippen LogP contribution in [0.2, 0.25) is 0 Å². The quantitative estimate of drug-likeness (QED) is 0.804. The van der Waals surface area contributed by atoms with Crippen molar-refractivity contribution in [3.8, 4) is 22.8 Å². The highest BCUT2D eigenvalue weighted by atomic mass is 35.5. The van der Waals surface area contributed by atoms with Crippen LogP contribution in [-0.2, 0) is 9.53 Å². The van der Waals surface area contributed by atoms with E-state index in [1.54, 1.807) is 14.2 Å². The Labute approximate surface area is 162 Å². The molecule has 1 fully saturated rings. The Morgan fingerprint density at radius 2 is 2.12 bits per heavy atom. The van der Waals surface area contributed by atoms with Crippen LogP contribution in [0.15, 0.2) is 23.6 Å². The number of nitrogens with zero attached hydrogens (tertiary/aromatic N) is 1. The largest absolute Gasteiger partial charge is 0.493 e. The van der Waals surface area contributed by atoms with Crippen LogP contribution in [0.3, 0.4) is 0 Å². The SMILES string of the molecule is COc1ccc(-c2csc(NC(=O)[C@H]3NCCO[C@@H]3C)n2)cc1OC.Cl. The lowest BCUT2D eigenvalue weighted by molar-refractivity contribution is -0.123. The number of halogens is 1. The first-order chi connectivity index (χ1) is 12.1. The normalized spacial score (nSPS) is 19.3. The van der Waals surface area contributed by atoms with Crippen LogP contribution >= 0.6 is 23.7 Å². The monoisotopic (exact) mass is 399 g/mol. The van der Waals surface area contributed by atoms with E-state index in [1.165, 1.54) is 11.3 Å². The third-order valence-corrected chi connectivity index (χ3v) is 4.77. The first-order valence-corrected chi connectivity index (χ1v) is 8.84. The number of morpholine rings is 1. The number of carbonyl (C=O) groups excluding carboxylic acids is 1. The maximum atomic E-state index is 12.4. The smallest absolute Gasteiger partial charge is 0.245 e. The number of carbonyl (C=O) groups is 1. The van der Waals surface area contributed by atoms with Gasteiger partial charge in [-0.3, -0.25) is 4.79 Å². The van der Waals surface area contributed by atoms with Gasteiger partial charge in [-0.25, -0.2) is 4.98 Å². The minimum Gasteiger partial charge on any atom is -0.493 e. The van der Waals surface area contributed by atoms with Crippen molar-refractivity contribution in [2.75, 3.05) is 32.7 Å². The van der Waals surface area contributed by atoms with E-state index in [4.69, 9.17) is 14.2 Å². The summed E-state index contributed by atoms with van der Waals surface area (Å²) in [5.74, 6) is 1.16. The van der Waals surface area contributed by atoms with Gasteiger partial charge >= 0.3 is 0 Å². The Kier molecular flexibility index (Phi) is 7.22. The summed E-state index contributed by atoms with van der Waals surface area (Å²) in [4.78, 5) is 16.9. The molecule has 2 atom stereocenters. The third-order valence-electron chi connectivity index (χ3n) is 4.01. The molecule has 2 aromatic rings. The number of aromatic nitrogens is 1. The molecule has 0 radical (unpaired) electrons. The zero-order valence-corrected chi connectivity index (χ0v) is 16.4. The maximum absolute atomic E-state index is 12.4. The maximum Gasteiger partial charge on any atom is 0.245 e. The molecule has 2 N–H and O–H groups in total. The Morgan fingerprint density at radius 1 is 1.35 bits per heavy atom. The lowest BCUT2D eigenvalue weighted by Crippen LogP contribution is -2.53. The molecule has 2 heterocycles. The van der Waals surface area contributed by atoms with Gasteiger partial charge in [0.1, 0.15) is 6.04 Å². The van der Waals surface area contributed by atoms with Gasteiger partial charge in [0.05, 0.1) is 32.6 Å². The molecule has 7 nitrogen and oxygen atoms in total. The molecule has 1 aromatic carbocycles. The van der Waals surface area contributed by atoms with Gasteiger partial charge in [-0.05, 0) is 25.1 Å². The minimum atomic E-state index is -0.373. The molecular weight excluding hydrogens is 378 g/mol. The van der Waals surface area contributed by atoms with Crippen LogP contribution in [0.5, 0.6) is 11.5 Å². The number of anilines is 1. The van der Waals surface area contributed by atoms with Crippen LogP contribution in [0.4, 0.5) is 5.13 Å². The summed E-state index contributed by atoms with van der Waals surface area (Å²) < 4.78 is 16.1. The third kappa shape index (κ3) is 4.45. The van der Waals surface area contributed by atoms with Crippen molar-refractivity contribution < 1.29 is 19.0 Å². The van der Waals surface area contributed by atoms with Crippen LogP contribution in [0.25, 0.3) is 11.3 Å². The molecule has 0 bridgehead atoms. The van der Waals surface area contributed by atoms with E-state index in [0.29, 0.717) is 29.8 Å². The fourth-order valence-electron chi connectivity index (χ4n) is 2.67. The number of methoxy groups -OCH3 is 2. The van der Waals surface area contributed by atoms with E-state index < -0.39 is 0 Å². The van der Waals surface area contributed by atoms with Crippen molar-refractivity contribution in [2.45, 2.75) is 19.1 Å². The second-order valence-electron chi connectivity index (χ2n) is 5.60. The molecule has 0 aliphatic carbocycles. The number of benzene rings is 1. The molecule has 1 aliphatic rings. The van der Waals surface area contributed by atoms with Crippen LogP contribution in [-0.4, -0.2) is 50.4 Å². The standard InChI is InChI=1S/C17H21N3O4S.ClH/c1-10-15(18-6-7-24-10)16(21)20-17-19-12(9-25-17)11-4-5-13(22-2)14(8-11)23-3;/h4-5,8-10,15,18H,6-7H2,1-3H3,(H,19,20,21);1H/t10-,15+;/m1./s1. The van der Waals surface area contributed by atoms with E-state index in [0.717, 1.165) is 11.3 Å². The van der Waals surface area contributed by atoms with Gasteiger partial charge in [-0.1, -0.05) is 0 Å². The highest BCUT2D eigenvalue weighted by Gasteiger charge is 2.28. The van der Waals surface area contributed by atoms with Crippen molar-refractivity contribution in [1.82, 2.24) is 10.3 Å². The molecule has 1 aliphatic heterocycles. The minimum absolute atomic E-state index is 0. The predicted octanol–water partition coefficient (Wildman–Crippen LogP) is 2.56. The highest BCUT2D eigenvalue weighted by molar-refractivity contribution is 7.14. The highest BCUT2D eigenvalue weighted by Crippen LogP contribution is 2.33. The van der Waals surface area contributed by atoms with Gasteiger partial charge in [-0.15, -0.1) is 23.7 Å². The molecule has 9 heteroatoms. The van der Waals surface area contributed by atoms with Gasteiger partial charge in [0.15, 0.2) is 16.6 Å². The Morgan fingerprint density at radius 3 is 2.81 bits per heavy atom. The van der Waals surface area contributed by atoms with E-state index in [2.05, 4.69) is 15.6 Å². The summed E-state index contributed by atoms with van der Waals surface area (Å²) in [7, 11) is 3.19. The second kappa shape index (κ2) is 9.18. The summed E-state index contributed by atoms with van der Waals surface area (Å²) in [5.41, 5.74) is 1.66. The number of hydrogen-bond acceptors (Lipinski definition) is 7. The Hall–Kier alpha value is -1.87. The second-order valence-corrected chi connectivity index (χ2v) is 6.46. The molecule has 1 aromatic heterocycles. The van der Waals surface area contributed by atoms with Crippen LogP contribution < -0.4 is 20.1 Å². The Balaban J connectivity index is 0.00000243. The van der Waals surface area contributed by atoms with Gasteiger partial charge in [0.25, 0.3) is 0 Å². The van der Waals surface area contributed by atoms with Gasteiger partial charge < -0.3 is 24.8 Å². The van der Waals surface area contributed by atoms with Crippen molar-refractivity contribution in [3.63, 3.8) is 0 Å².